The molecule has 0 aromatic carbocycles. The number of nitrogens with one attached hydrogen (secondary N) is 1. The number of aromatic nitrogens is 2. The van der Waals surface area contributed by atoms with Gasteiger partial charge in [0, 0.05) is 18.7 Å². The number of aliphatic hydroxyl groups excluding tert-OH is 1. The Morgan fingerprint density at radius 3 is 2.94 bits per heavy atom. The molecule has 1 aromatic rings. The molecule has 0 aliphatic carbocycles. The van der Waals surface area contributed by atoms with E-state index in [1.54, 1.807) is 6.33 Å². The zero-order valence-corrected chi connectivity index (χ0v) is 9.85. The van der Waals surface area contributed by atoms with E-state index in [0.29, 0.717) is 0 Å². The average Bonchev–Trinajstić information content (AvgIpc) is 2.29. The smallest absolute Gasteiger partial charge is 0.130 e. The Labute approximate surface area is 96.4 Å². The number of aliphatic hydroxyl groups is 1. The van der Waals surface area contributed by atoms with Crippen LogP contribution in [0.4, 0.5) is 5.82 Å². The van der Waals surface area contributed by atoms with Gasteiger partial charge in [0.05, 0.1) is 5.69 Å². The summed E-state index contributed by atoms with van der Waals surface area (Å²) in [6, 6.07) is 2.17. The molecule has 0 saturated carbocycles. The maximum absolute atomic E-state index is 8.90. The minimum Gasteiger partial charge on any atom is -0.396 e. The Hall–Kier alpha value is -1.42. The number of allylic oxidation sites excluding steroid dienone is 1. The number of anilines is 1. The molecule has 2 N–H and O–H groups in total. The molecule has 1 aromatic heterocycles. The van der Waals surface area contributed by atoms with Crippen molar-refractivity contribution in [1.82, 2.24) is 9.97 Å². The number of hydrogen-bond donors (Lipinski definition) is 2. The largest absolute Gasteiger partial charge is 0.396 e. The first-order chi connectivity index (χ1) is 7.80. The fourth-order valence-electron chi connectivity index (χ4n) is 1.46. The number of hydrogen-bond acceptors (Lipinski definition) is 4. The highest BCUT2D eigenvalue weighted by Gasteiger charge is 2.06. The van der Waals surface area contributed by atoms with Gasteiger partial charge in [-0.25, -0.2) is 9.97 Å². The van der Waals surface area contributed by atoms with E-state index in [4.69, 9.17) is 5.11 Å². The van der Waals surface area contributed by atoms with E-state index in [1.807, 2.05) is 25.1 Å². The lowest BCUT2D eigenvalue weighted by Crippen LogP contribution is -2.20. The molecular weight excluding hydrogens is 202 g/mol. The molecule has 0 radical (unpaired) electrons. The van der Waals surface area contributed by atoms with Gasteiger partial charge in [-0.15, -0.1) is 0 Å². The normalized spacial score (nSPS) is 12.9. The van der Waals surface area contributed by atoms with E-state index in [2.05, 4.69) is 22.2 Å². The van der Waals surface area contributed by atoms with Crippen molar-refractivity contribution in [2.24, 2.45) is 0 Å². The summed E-state index contributed by atoms with van der Waals surface area (Å²) in [7, 11) is 0. The van der Waals surface area contributed by atoms with E-state index in [9.17, 15) is 0 Å². The molecule has 0 aliphatic rings. The van der Waals surface area contributed by atoms with Crippen LogP contribution in [-0.2, 0) is 0 Å². The molecule has 4 nitrogen and oxygen atoms in total. The molecule has 0 saturated heterocycles. The monoisotopic (exact) mass is 221 g/mol. The SMILES string of the molecule is C/C=C\c1cc(NC(CC)CCO)ncn1. The minimum atomic E-state index is 0.193. The highest BCUT2D eigenvalue weighted by Crippen LogP contribution is 2.10. The second-order valence-electron chi connectivity index (χ2n) is 3.59. The molecule has 16 heavy (non-hydrogen) atoms. The molecule has 0 bridgehead atoms. The lowest BCUT2D eigenvalue weighted by molar-refractivity contribution is 0.278. The standard InChI is InChI=1S/C12H19N3O/c1-3-5-11-8-12(14-9-13-11)15-10(4-2)6-7-16/h3,5,8-10,16H,4,6-7H2,1-2H3,(H,13,14,15)/b5-3-. The molecule has 1 heterocycles. The van der Waals surface area contributed by atoms with E-state index in [-0.39, 0.29) is 12.6 Å². The van der Waals surface area contributed by atoms with Gasteiger partial charge in [-0.3, -0.25) is 0 Å². The van der Waals surface area contributed by atoms with Gasteiger partial charge in [0.25, 0.3) is 0 Å². The Kier molecular flexibility index (Phi) is 5.50. The molecule has 1 atom stereocenters. The van der Waals surface area contributed by atoms with Crippen LogP contribution < -0.4 is 5.32 Å². The van der Waals surface area contributed by atoms with Gasteiger partial charge in [-0.1, -0.05) is 13.0 Å². The first-order valence-electron chi connectivity index (χ1n) is 5.62. The summed E-state index contributed by atoms with van der Waals surface area (Å²) in [4.78, 5) is 8.27. The van der Waals surface area contributed by atoms with Crippen molar-refractivity contribution in [2.45, 2.75) is 32.7 Å². The van der Waals surface area contributed by atoms with Crippen LogP contribution in [0.2, 0.25) is 0 Å². The van der Waals surface area contributed by atoms with Crippen molar-refractivity contribution < 1.29 is 5.11 Å². The third-order valence-corrected chi connectivity index (χ3v) is 2.35. The molecule has 0 aliphatic heterocycles. The lowest BCUT2D eigenvalue weighted by atomic mass is 10.1. The van der Waals surface area contributed by atoms with E-state index >= 15 is 0 Å². The van der Waals surface area contributed by atoms with Crippen molar-refractivity contribution in [1.29, 1.82) is 0 Å². The molecule has 1 rings (SSSR count). The average molecular weight is 221 g/mol. The van der Waals surface area contributed by atoms with Crippen molar-refractivity contribution >= 4 is 11.9 Å². The van der Waals surface area contributed by atoms with Gasteiger partial charge in [-0.05, 0) is 25.8 Å². The first-order valence-corrected chi connectivity index (χ1v) is 5.62. The van der Waals surface area contributed by atoms with Gasteiger partial charge >= 0.3 is 0 Å². The van der Waals surface area contributed by atoms with Crippen LogP contribution in [0.25, 0.3) is 6.08 Å². The Morgan fingerprint density at radius 2 is 2.31 bits per heavy atom. The summed E-state index contributed by atoms with van der Waals surface area (Å²) in [5.41, 5.74) is 0.888. The minimum absolute atomic E-state index is 0.193. The second kappa shape index (κ2) is 6.95. The van der Waals surface area contributed by atoms with Crippen LogP contribution >= 0.6 is 0 Å². The second-order valence-corrected chi connectivity index (χ2v) is 3.59. The fourth-order valence-corrected chi connectivity index (χ4v) is 1.46. The van der Waals surface area contributed by atoms with Crippen LogP contribution in [0, 0.1) is 0 Å². The van der Waals surface area contributed by atoms with Crippen LogP contribution in [0.15, 0.2) is 18.5 Å². The summed E-state index contributed by atoms with van der Waals surface area (Å²) >= 11 is 0. The van der Waals surface area contributed by atoms with Gasteiger partial charge in [0.2, 0.25) is 0 Å². The van der Waals surface area contributed by atoms with Crippen molar-refractivity contribution in [3.05, 3.63) is 24.2 Å². The van der Waals surface area contributed by atoms with Crippen molar-refractivity contribution in [3.8, 4) is 0 Å². The van der Waals surface area contributed by atoms with Gasteiger partial charge in [-0.2, -0.15) is 0 Å². The summed E-state index contributed by atoms with van der Waals surface area (Å²) in [6.07, 6.45) is 7.11. The number of nitrogens with zero attached hydrogens (tertiary/aromatic N) is 2. The van der Waals surface area contributed by atoms with Crippen molar-refractivity contribution in [2.75, 3.05) is 11.9 Å². The Morgan fingerprint density at radius 1 is 1.50 bits per heavy atom. The third kappa shape index (κ3) is 3.98. The molecule has 0 amide bonds. The van der Waals surface area contributed by atoms with Crippen LogP contribution in [0.3, 0.4) is 0 Å². The van der Waals surface area contributed by atoms with Gasteiger partial charge in [0.15, 0.2) is 0 Å². The predicted molar refractivity (Wildman–Crippen MR) is 66.1 cm³/mol. The summed E-state index contributed by atoms with van der Waals surface area (Å²) < 4.78 is 0. The maximum atomic E-state index is 8.90. The highest BCUT2D eigenvalue weighted by molar-refractivity contribution is 5.49. The number of rotatable bonds is 6. The summed E-state index contributed by atoms with van der Waals surface area (Å²) in [6.45, 7) is 4.23. The maximum Gasteiger partial charge on any atom is 0.130 e. The fraction of sp³-hybridized carbons (Fsp3) is 0.500. The van der Waals surface area contributed by atoms with Crippen LogP contribution in [0.5, 0.6) is 0 Å². The summed E-state index contributed by atoms with van der Waals surface area (Å²) in [5, 5.41) is 12.2. The molecule has 0 fully saturated rings. The molecule has 0 spiro atoms. The van der Waals surface area contributed by atoms with Crippen molar-refractivity contribution in [3.63, 3.8) is 0 Å². The predicted octanol–water partition coefficient (Wildman–Crippen LogP) is 2.08. The topological polar surface area (TPSA) is 58.0 Å². The Balaban J connectivity index is 2.68. The van der Waals surface area contributed by atoms with E-state index in [1.165, 1.54) is 0 Å². The van der Waals surface area contributed by atoms with E-state index in [0.717, 1.165) is 24.4 Å². The summed E-state index contributed by atoms with van der Waals surface area (Å²) in [5.74, 6) is 0.809. The lowest BCUT2D eigenvalue weighted by Gasteiger charge is -2.16. The molecule has 88 valence electrons. The molecular formula is C12H19N3O. The zero-order chi connectivity index (χ0) is 11.8. The van der Waals surface area contributed by atoms with E-state index < -0.39 is 0 Å². The van der Waals surface area contributed by atoms with Gasteiger partial charge < -0.3 is 10.4 Å². The molecule has 1 unspecified atom stereocenters. The van der Waals surface area contributed by atoms with Crippen LogP contribution in [0.1, 0.15) is 32.4 Å². The first kappa shape index (κ1) is 12.6. The third-order valence-electron chi connectivity index (χ3n) is 2.35. The zero-order valence-electron chi connectivity index (χ0n) is 9.85. The molecule has 4 heteroatoms. The van der Waals surface area contributed by atoms with Gasteiger partial charge in [0.1, 0.15) is 12.1 Å². The van der Waals surface area contributed by atoms with Crippen LogP contribution in [-0.4, -0.2) is 27.7 Å². The Bertz CT molecular complexity index is 339. The highest BCUT2D eigenvalue weighted by atomic mass is 16.3. The quantitative estimate of drug-likeness (QED) is 0.772.